The minimum Gasteiger partial charge on any atom is -0.478 e. The second-order valence-corrected chi connectivity index (χ2v) is 10.3. The van der Waals surface area contributed by atoms with E-state index in [1.165, 1.54) is 12.1 Å². The Morgan fingerprint density at radius 1 is 1.00 bits per heavy atom. The molecule has 4 nitrogen and oxygen atoms in total. The third kappa shape index (κ3) is 5.57. The first-order valence-electron chi connectivity index (χ1n) is 13.1. The summed E-state index contributed by atoms with van der Waals surface area (Å²) in [6, 6.07) is 15.1. The van der Waals surface area contributed by atoms with Crippen LogP contribution in [0.25, 0.3) is 11.1 Å². The van der Waals surface area contributed by atoms with E-state index in [9.17, 15) is 23.2 Å². The van der Waals surface area contributed by atoms with Gasteiger partial charge in [0, 0.05) is 29.7 Å². The van der Waals surface area contributed by atoms with Crippen LogP contribution in [0.4, 0.5) is 17.7 Å². The molecule has 2 aliphatic rings. The average molecular weight is 540 g/mol. The topological polar surface area (TPSA) is 49.8 Å². The van der Waals surface area contributed by atoms with Crippen LogP contribution in [0.2, 0.25) is 0 Å². The number of carboxylic acid groups (broad SMARTS) is 1. The number of hydrogen-bond acceptors (Lipinski definition) is 3. The Morgan fingerprint density at radius 3 is 2.44 bits per heavy atom. The summed E-state index contributed by atoms with van der Waals surface area (Å²) in [7, 11) is 0. The van der Waals surface area contributed by atoms with Crippen LogP contribution >= 0.6 is 0 Å². The summed E-state index contributed by atoms with van der Waals surface area (Å²) in [5.41, 5.74) is 4.99. The molecule has 1 heterocycles. The molecule has 1 saturated heterocycles. The van der Waals surface area contributed by atoms with Gasteiger partial charge in [0.05, 0.1) is 12.2 Å². The molecule has 5 rings (SSSR count). The first kappa shape index (κ1) is 26.9. The van der Waals surface area contributed by atoms with Gasteiger partial charge in [-0.1, -0.05) is 30.3 Å². The van der Waals surface area contributed by atoms with Crippen LogP contribution in [0.15, 0.2) is 54.6 Å². The Kier molecular flexibility index (Phi) is 8.02. The molecule has 0 unspecified atom stereocenters. The fourth-order valence-electron chi connectivity index (χ4n) is 5.77. The van der Waals surface area contributed by atoms with Gasteiger partial charge in [0.25, 0.3) is 0 Å². The highest BCUT2D eigenvalue weighted by molar-refractivity contribution is 6.01. The smallest absolute Gasteiger partial charge is 0.335 e. The van der Waals surface area contributed by atoms with E-state index in [-0.39, 0.29) is 17.8 Å². The van der Waals surface area contributed by atoms with Crippen molar-refractivity contribution in [2.24, 2.45) is 5.92 Å². The van der Waals surface area contributed by atoms with Crippen LogP contribution in [0, 0.1) is 17.6 Å². The number of allylic oxidation sites excluding steroid dienone is 1. The monoisotopic (exact) mass is 539 g/mol. The van der Waals surface area contributed by atoms with Crippen LogP contribution in [0.1, 0.15) is 57.4 Å². The minimum atomic E-state index is -1.13. The maximum Gasteiger partial charge on any atom is 0.335 e. The van der Waals surface area contributed by atoms with Gasteiger partial charge >= 0.3 is 5.97 Å². The summed E-state index contributed by atoms with van der Waals surface area (Å²) in [6.45, 7) is 2.37. The van der Waals surface area contributed by atoms with E-state index in [1.54, 1.807) is 12.1 Å². The summed E-state index contributed by atoms with van der Waals surface area (Å²) in [6.07, 6.45) is 3.02. The third-order valence-corrected chi connectivity index (χ3v) is 7.66. The largest absolute Gasteiger partial charge is 0.478 e. The molecule has 0 radical (unpaired) electrons. The van der Waals surface area contributed by atoms with E-state index in [4.69, 9.17) is 0 Å². The standard InChI is InChI=1S/C31H29F4NO3/c32-13-2-14-36-17-20(18-36)15-19-5-7-21(8-6-19)28-24-10-9-23(31(37)38)16-22(24)3-1-4-25(28)26-11-12-27(33)30(39-35)29(26)34/h5-12,16,20H,1-4,13-15,17-18H2,(H,37,38). The summed E-state index contributed by atoms with van der Waals surface area (Å²) < 4.78 is 54.8. The number of likely N-dealkylation sites (tertiary alicyclic amines) is 1. The highest BCUT2D eigenvalue weighted by Gasteiger charge is 2.27. The normalized spacial score (nSPS) is 16.0. The zero-order chi connectivity index (χ0) is 27.5. The zero-order valence-corrected chi connectivity index (χ0v) is 21.4. The Morgan fingerprint density at radius 2 is 1.74 bits per heavy atom. The van der Waals surface area contributed by atoms with Crippen molar-refractivity contribution in [3.63, 3.8) is 0 Å². The predicted molar refractivity (Wildman–Crippen MR) is 141 cm³/mol. The summed E-state index contributed by atoms with van der Waals surface area (Å²) in [5, 5.41) is 9.51. The second kappa shape index (κ2) is 11.6. The first-order chi connectivity index (χ1) is 18.9. The van der Waals surface area contributed by atoms with Crippen molar-refractivity contribution in [2.75, 3.05) is 26.3 Å². The molecule has 0 atom stereocenters. The third-order valence-electron chi connectivity index (χ3n) is 7.66. The van der Waals surface area contributed by atoms with Gasteiger partial charge in [-0.2, -0.15) is 0 Å². The lowest BCUT2D eigenvalue weighted by atomic mass is 9.86. The number of nitrogens with zero attached hydrogens (tertiary/aromatic N) is 1. The molecule has 1 aliphatic carbocycles. The lowest BCUT2D eigenvalue weighted by Gasteiger charge is -2.39. The number of aromatic carboxylic acids is 1. The van der Waals surface area contributed by atoms with E-state index in [0.29, 0.717) is 42.7 Å². The molecule has 0 bridgehead atoms. The number of hydrogen-bond donors (Lipinski definition) is 1. The molecule has 0 amide bonds. The number of halogens is 4. The molecule has 39 heavy (non-hydrogen) atoms. The van der Waals surface area contributed by atoms with Crippen molar-refractivity contribution in [2.45, 2.75) is 32.1 Å². The Bertz CT molecular complexity index is 1400. The van der Waals surface area contributed by atoms with Crippen molar-refractivity contribution < 1.29 is 32.5 Å². The van der Waals surface area contributed by atoms with Gasteiger partial charge in [-0.3, -0.25) is 9.33 Å². The zero-order valence-electron chi connectivity index (χ0n) is 21.4. The van der Waals surface area contributed by atoms with E-state index in [0.717, 1.165) is 54.4 Å². The molecule has 1 fully saturated rings. The van der Waals surface area contributed by atoms with Gasteiger partial charge in [0.15, 0.2) is 11.6 Å². The number of carbonyl (C=O) groups is 1. The molecule has 0 aromatic heterocycles. The quantitative estimate of drug-likeness (QED) is 0.296. The maximum atomic E-state index is 15.3. The van der Waals surface area contributed by atoms with Gasteiger partial charge in [-0.15, -0.1) is 0 Å². The number of alkyl halides is 1. The molecule has 0 spiro atoms. The van der Waals surface area contributed by atoms with Crippen molar-refractivity contribution in [3.05, 3.63) is 99.6 Å². The molecule has 1 N–H and O–H groups in total. The first-order valence-corrected chi connectivity index (χ1v) is 13.1. The van der Waals surface area contributed by atoms with Gasteiger partial charge in [-0.05, 0) is 95.7 Å². The van der Waals surface area contributed by atoms with E-state index in [2.05, 4.69) is 9.84 Å². The van der Waals surface area contributed by atoms with Crippen molar-refractivity contribution >= 4 is 17.1 Å². The number of aryl methyl sites for hydroxylation is 1. The fourth-order valence-corrected chi connectivity index (χ4v) is 5.77. The summed E-state index contributed by atoms with van der Waals surface area (Å²) >= 11 is 0. The van der Waals surface area contributed by atoms with E-state index < -0.39 is 23.4 Å². The summed E-state index contributed by atoms with van der Waals surface area (Å²) in [4.78, 5) is 17.4. The van der Waals surface area contributed by atoms with Crippen LogP contribution in [0.5, 0.6) is 5.75 Å². The Labute approximate surface area is 224 Å². The van der Waals surface area contributed by atoms with E-state index in [1.807, 2.05) is 24.3 Å². The second-order valence-electron chi connectivity index (χ2n) is 10.3. The van der Waals surface area contributed by atoms with Crippen LogP contribution < -0.4 is 4.94 Å². The number of carboxylic acids is 1. The highest BCUT2D eigenvalue weighted by Crippen LogP contribution is 2.42. The molecular weight excluding hydrogens is 510 g/mol. The molecule has 0 saturated carbocycles. The van der Waals surface area contributed by atoms with Crippen LogP contribution in [0.3, 0.4) is 0 Å². The fraction of sp³-hybridized carbons (Fsp3) is 0.323. The van der Waals surface area contributed by atoms with Crippen LogP contribution in [-0.2, 0) is 12.8 Å². The van der Waals surface area contributed by atoms with Gasteiger partial charge in [-0.25, -0.2) is 13.6 Å². The lowest BCUT2D eigenvalue weighted by molar-refractivity contribution is -0.0153. The number of benzene rings is 3. The van der Waals surface area contributed by atoms with E-state index >= 15 is 4.39 Å². The average Bonchev–Trinajstić information content (AvgIpc) is 3.09. The maximum absolute atomic E-state index is 15.3. The SMILES string of the molecule is O=C(O)c1ccc2c(c1)CCCC(c1ccc(F)c(OF)c1F)=C2c1ccc(CC2CN(CCCF)C2)cc1. The Hall–Kier alpha value is -3.65. The van der Waals surface area contributed by atoms with Crippen molar-refractivity contribution in [1.29, 1.82) is 0 Å². The van der Waals surface area contributed by atoms with Gasteiger partial charge < -0.3 is 10.0 Å². The van der Waals surface area contributed by atoms with Crippen molar-refractivity contribution in [1.82, 2.24) is 4.90 Å². The molecule has 3 aromatic carbocycles. The summed E-state index contributed by atoms with van der Waals surface area (Å²) in [5.74, 6) is -3.86. The van der Waals surface area contributed by atoms with Gasteiger partial charge in [0.1, 0.15) is 0 Å². The lowest BCUT2D eigenvalue weighted by Crippen LogP contribution is -2.47. The minimum absolute atomic E-state index is 0.0427. The van der Waals surface area contributed by atoms with Gasteiger partial charge in [0.2, 0.25) is 5.75 Å². The number of rotatable bonds is 9. The van der Waals surface area contributed by atoms with Crippen molar-refractivity contribution in [3.8, 4) is 5.75 Å². The molecule has 3 aromatic rings. The predicted octanol–water partition coefficient (Wildman–Crippen LogP) is 7.06. The Balaban J connectivity index is 1.54. The molecular formula is C31H29F4NO3. The highest BCUT2D eigenvalue weighted by atomic mass is 19.3. The number of fused-ring (bicyclic) bond motifs is 1. The molecule has 8 heteroatoms. The molecule has 204 valence electrons. The van der Waals surface area contributed by atoms with Crippen LogP contribution in [-0.4, -0.2) is 42.3 Å². The molecule has 1 aliphatic heterocycles.